The summed E-state index contributed by atoms with van der Waals surface area (Å²) in [6.45, 7) is 7.16. The van der Waals surface area contributed by atoms with E-state index in [9.17, 15) is 9.18 Å². The van der Waals surface area contributed by atoms with Crippen LogP contribution >= 0.6 is 0 Å². The maximum absolute atomic E-state index is 13.4. The zero-order chi connectivity index (χ0) is 11.6. The zero-order valence-corrected chi connectivity index (χ0v) is 9.52. The predicted octanol–water partition coefficient (Wildman–Crippen LogP) is 3.12. The van der Waals surface area contributed by atoms with Crippen molar-refractivity contribution in [1.29, 1.82) is 0 Å². The van der Waals surface area contributed by atoms with Crippen LogP contribution in [0.1, 0.15) is 26.3 Å². The molecule has 82 valence electrons. The molecule has 0 heterocycles. The lowest BCUT2D eigenvalue weighted by atomic mass is 9.95. The number of carbonyl (C=O) groups excluding carboxylic acids is 1. The molecule has 15 heavy (non-hydrogen) atoms. The molecule has 1 rings (SSSR count). The highest BCUT2D eigenvalue weighted by molar-refractivity contribution is 5.94. The van der Waals surface area contributed by atoms with Gasteiger partial charge in [-0.05, 0) is 24.6 Å². The summed E-state index contributed by atoms with van der Waals surface area (Å²) in [6.07, 6.45) is 0. The fraction of sp³-hybridized carbons (Fsp3) is 0.417. The van der Waals surface area contributed by atoms with Crippen molar-refractivity contribution in [2.24, 2.45) is 5.41 Å². The summed E-state index contributed by atoms with van der Waals surface area (Å²) >= 11 is 0. The third kappa shape index (κ3) is 3.05. The lowest BCUT2D eigenvalue weighted by Crippen LogP contribution is -2.28. The van der Waals surface area contributed by atoms with E-state index in [0.717, 1.165) is 5.56 Å². The van der Waals surface area contributed by atoms with Gasteiger partial charge in [0.15, 0.2) is 0 Å². The molecule has 0 spiro atoms. The Kier molecular flexibility index (Phi) is 3.12. The Labute approximate surface area is 89.5 Å². The highest BCUT2D eigenvalue weighted by Gasteiger charge is 2.21. The monoisotopic (exact) mass is 209 g/mol. The number of hydrogen-bond donors (Lipinski definition) is 1. The highest BCUT2D eigenvalue weighted by Crippen LogP contribution is 2.20. The van der Waals surface area contributed by atoms with Crippen molar-refractivity contribution < 1.29 is 9.18 Å². The molecule has 3 heteroatoms. The molecule has 0 radical (unpaired) electrons. The van der Waals surface area contributed by atoms with E-state index in [1.165, 1.54) is 6.07 Å². The molecule has 0 saturated heterocycles. The van der Waals surface area contributed by atoms with Gasteiger partial charge in [-0.2, -0.15) is 0 Å². The summed E-state index contributed by atoms with van der Waals surface area (Å²) in [7, 11) is 0. The molecule has 0 aliphatic heterocycles. The van der Waals surface area contributed by atoms with Crippen LogP contribution in [0.15, 0.2) is 18.2 Å². The minimum atomic E-state index is -0.517. The van der Waals surface area contributed by atoms with Gasteiger partial charge in [-0.25, -0.2) is 4.39 Å². The van der Waals surface area contributed by atoms with Crippen LogP contribution in [0.25, 0.3) is 0 Å². The van der Waals surface area contributed by atoms with Crippen LogP contribution in [0.3, 0.4) is 0 Å². The molecule has 1 aromatic rings. The van der Waals surface area contributed by atoms with Gasteiger partial charge >= 0.3 is 0 Å². The second-order valence-corrected chi connectivity index (χ2v) is 4.69. The number of amides is 1. The molecule has 0 fully saturated rings. The second kappa shape index (κ2) is 4.01. The fourth-order valence-corrected chi connectivity index (χ4v) is 1.03. The van der Waals surface area contributed by atoms with Crippen LogP contribution in [0.5, 0.6) is 0 Å². The first-order chi connectivity index (χ1) is 6.80. The SMILES string of the molecule is Cc1ccc(NC(=O)C(C)(C)C)c(F)c1. The molecule has 0 aliphatic rings. The number of hydrogen-bond acceptors (Lipinski definition) is 1. The van der Waals surface area contributed by atoms with Gasteiger partial charge in [-0.15, -0.1) is 0 Å². The number of anilines is 1. The molecule has 1 amide bonds. The summed E-state index contributed by atoms with van der Waals surface area (Å²) in [5.74, 6) is -0.585. The van der Waals surface area contributed by atoms with Crippen LogP contribution < -0.4 is 5.32 Å². The van der Waals surface area contributed by atoms with E-state index in [1.807, 2.05) is 0 Å². The van der Waals surface area contributed by atoms with Crippen LogP contribution in [0, 0.1) is 18.2 Å². The summed E-state index contributed by atoms with van der Waals surface area (Å²) in [4.78, 5) is 11.6. The number of halogens is 1. The van der Waals surface area contributed by atoms with E-state index in [2.05, 4.69) is 5.32 Å². The average Bonchev–Trinajstić information content (AvgIpc) is 2.08. The van der Waals surface area contributed by atoms with E-state index in [0.29, 0.717) is 0 Å². The number of nitrogens with one attached hydrogen (secondary N) is 1. The van der Waals surface area contributed by atoms with Crippen LogP contribution in [-0.4, -0.2) is 5.91 Å². The number of benzene rings is 1. The second-order valence-electron chi connectivity index (χ2n) is 4.69. The van der Waals surface area contributed by atoms with Gasteiger partial charge < -0.3 is 5.32 Å². The number of rotatable bonds is 1. The third-order valence-electron chi connectivity index (χ3n) is 2.05. The van der Waals surface area contributed by atoms with Crippen LogP contribution in [0.4, 0.5) is 10.1 Å². The van der Waals surface area contributed by atoms with Gasteiger partial charge in [0, 0.05) is 5.41 Å². The summed E-state index contributed by atoms with van der Waals surface area (Å²) in [6, 6.07) is 4.74. The fourth-order valence-electron chi connectivity index (χ4n) is 1.03. The van der Waals surface area contributed by atoms with Crippen LogP contribution in [-0.2, 0) is 4.79 Å². The average molecular weight is 209 g/mol. The molecule has 2 nitrogen and oxygen atoms in total. The van der Waals surface area contributed by atoms with Gasteiger partial charge in [0.2, 0.25) is 5.91 Å². The first-order valence-corrected chi connectivity index (χ1v) is 4.88. The third-order valence-corrected chi connectivity index (χ3v) is 2.05. The topological polar surface area (TPSA) is 29.1 Å². The maximum atomic E-state index is 13.4. The lowest BCUT2D eigenvalue weighted by molar-refractivity contribution is -0.123. The van der Waals surface area contributed by atoms with Gasteiger partial charge in [-0.1, -0.05) is 26.8 Å². The Morgan fingerprint density at radius 3 is 2.40 bits per heavy atom. The minimum absolute atomic E-state index is 0.190. The lowest BCUT2D eigenvalue weighted by Gasteiger charge is -2.18. The first-order valence-electron chi connectivity index (χ1n) is 4.88. The Morgan fingerprint density at radius 1 is 1.33 bits per heavy atom. The predicted molar refractivity (Wildman–Crippen MR) is 59.2 cm³/mol. The summed E-state index contributed by atoms with van der Waals surface area (Å²) < 4.78 is 13.4. The Hall–Kier alpha value is -1.38. The number of aryl methyl sites for hydroxylation is 1. The zero-order valence-electron chi connectivity index (χ0n) is 9.52. The van der Waals surface area contributed by atoms with Gasteiger partial charge in [0.05, 0.1) is 5.69 Å². The molecule has 0 aromatic heterocycles. The normalized spacial score (nSPS) is 11.3. The van der Waals surface area contributed by atoms with E-state index in [1.54, 1.807) is 39.8 Å². The number of carbonyl (C=O) groups is 1. The molecular formula is C12H16FNO. The summed E-state index contributed by atoms with van der Waals surface area (Å²) in [5, 5.41) is 2.56. The molecule has 0 aliphatic carbocycles. The van der Waals surface area contributed by atoms with E-state index in [4.69, 9.17) is 0 Å². The minimum Gasteiger partial charge on any atom is -0.323 e. The largest absolute Gasteiger partial charge is 0.323 e. The van der Waals surface area contributed by atoms with Crippen molar-refractivity contribution in [3.05, 3.63) is 29.6 Å². The van der Waals surface area contributed by atoms with Crippen molar-refractivity contribution >= 4 is 11.6 Å². The van der Waals surface area contributed by atoms with E-state index >= 15 is 0 Å². The first kappa shape index (κ1) is 11.7. The van der Waals surface area contributed by atoms with Gasteiger partial charge in [-0.3, -0.25) is 4.79 Å². The quantitative estimate of drug-likeness (QED) is 0.756. The molecule has 0 bridgehead atoms. The summed E-state index contributed by atoms with van der Waals surface area (Å²) in [5.41, 5.74) is 0.555. The Bertz CT molecular complexity index is 380. The van der Waals surface area contributed by atoms with Gasteiger partial charge in [0.1, 0.15) is 5.82 Å². The molecule has 0 saturated carbocycles. The molecule has 0 atom stereocenters. The van der Waals surface area contributed by atoms with Crippen molar-refractivity contribution in [2.45, 2.75) is 27.7 Å². The molecule has 0 unspecified atom stereocenters. The van der Waals surface area contributed by atoms with Crippen molar-refractivity contribution in [3.63, 3.8) is 0 Å². The van der Waals surface area contributed by atoms with Crippen molar-refractivity contribution in [1.82, 2.24) is 0 Å². The van der Waals surface area contributed by atoms with Crippen molar-refractivity contribution in [3.8, 4) is 0 Å². The van der Waals surface area contributed by atoms with E-state index < -0.39 is 11.2 Å². The smallest absolute Gasteiger partial charge is 0.229 e. The van der Waals surface area contributed by atoms with E-state index in [-0.39, 0.29) is 11.6 Å². The molecular weight excluding hydrogens is 193 g/mol. The highest BCUT2D eigenvalue weighted by atomic mass is 19.1. The van der Waals surface area contributed by atoms with Crippen molar-refractivity contribution in [2.75, 3.05) is 5.32 Å². The molecule has 1 aromatic carbocycles. The molecule has 1 N–H and O–H groups in total. The maximum Gasteiger partial charge on any atom is 0.229 e. The Balaban J connectivity index is 2.87. The van der Waals surface area contributed by atoms with Gasteiger partial charge in [0.25, 0.3) is 0 Å². The van der Waals surface area contributed by atoms with Crippen LogP contribution in [0.2, 0.25) is 0 Å². The standard InChI is InChI=1S/C12H16FNO/c1-8-5-6-10(9(13)7-8)14-11(15)12(2,3)4/h5-7H,1-4H3,(H,14,15). The Morgan fingerprint density at radius 2 is 1.93 bits per heavy atom.